The largest absolute Gasteiger partial charge is 0.289 e. The summed E-state index contributed by atoms with van der Waals surface area (Å²) in [6.07, 6.45) is 0. The van der Waals surface area contributed by atoms with Gasteiger partial charge in [0.25, 0.3) is 0 Å². The fourth-order valence-corrected chi connectivity index (χ4v) is 4.70. The summed E-state index contributed by atoms with van der Waals surface area (Å²) in [5, 5.41) is 2.02. The van der Waals surface area contributed by atoms with E-state index in [-0.39, 0.29) is 11.6 Å². The van der Waals surface area contributed by atoms with Crippen LogP contribution in [0.1, 0.15) is 31.8 Å². The topological polar surface area (TPSA) is 34.1 Å². The average Bonchev–Trinajstić information content (AvgIpc) is 3.19. The molecule has 1 aliphatic rings. The van der Waals surface area contributed by atoms with Crippen LogP contribution >= 0.6 is 0 Å². The lowest BCUT2D eigenvalue weighted by atomic mass is 9.93. The molecule has 0 N–H and O–H groups in total. The maximum absolute atomic E-state index is 13.2. The lowest BCUT2D eigenvalue weighted by Gasteiger charge is -2.09. The van der Waals surface area contributed by atoms with Gasteiger partial charge in [-0.25, -0.2) is 0 Å². The van der Waals surface area contributed by atoms with Crippen LogP contribution in [0.4, 0.5) is 0 Å². The summed E-state index contributed by atoms with van der Waals surface area (Å²) >= 11 is 0. The molecule has 6 rings (SSSR count). The summed E-state index contributed by atoms with van der Waals surface area (Å²) in [6, 6.07) is 34.7. The quantitative estimate of drug-likeness (QED) is 0.295. The van der Waals surface area contributed by atoms with Gasteiger partial charge in [-0.1, -0.05) is 97.1 Å². The van der Waals surface area contributed by atoms with E-state index in [0.717, 1.165) is 33.0 Å². The molecule has 32 heavy (non-hydrogen) atoms. The summed E-state index contributed by atoms with van der Waals surface area (Å²) in [7, 11) is 0. The van der Waals surface area contributed by atoms with Crippen LogP contribution in [-0.2, 0) is 0 Å². The second-order valence-electron chi connectivity index (χ2n) is 8.04. The minimum Gasteiger partial charge on any atom is -0.289 e. The minimum atomic E-state index is 0.0106. The third kappa shape index (κ3) is 2.74. The third-order valence-corrected chi connectivity index (χ3v) is 6.22. The lowest BCUT2D eigenvalue weighted by Crippen LogP contribution is -2.02. The first-order valence-electron chi connectivity index (χ1n) is 10.6. The predicted molar refractivity (Wildman–Crippen MR) is 128 cm³/mol. The number of benzene rings is 5. The van der Waals surface area contributed by atoms with Gasteiger partial charge in [-0.05, 0) is 45.2 Å². The molecule has 0 aliphatic heterocycles. The maximum Gasteiger partial charge on any atom is 0.193 e. The number of carbonyl (C=O) groups is 2. The summed E-state index contributed by atoms with van der Waals surface area (Å²) in [6.45, 7) is 0. The van der Waals surface area contributed by atoms with Crippen LogP contribution in [0.25, 0.3) is 33.0 Å². The molecular formula is C30H18O2. The second kappa shape index (κ2) is 7.14. The monoisotopic (exact) mass is 410 g/mol. The molecule has 0 aromatic heterocycles. The van der Waals surface area contributed by atoms with Crippen molar-refractivity contribution in [2.75, 3.05) is 0 Å². The molecule has 2 nitrogen and oxygen atoms in total. The standard InChI is InChI=1S/C30H18O2/c31-29(19-8-3-1-4-9-19)21-14-15-22-23-12-7-13-24-26(30(32)20-10-5-2-6-11-20)17-16-25(28(23)24)27(22)18-21/h1-18H. The molecule has 0 radical (unpaired) electrons. The van der Waals surface area contributed by atoms with Crippen LogP contribution in [0, 0.1) is 0 Å². The highest BCUT2D eigenvalue weighted by atomic mass is 16.1. The van der Waals surface area contributed by atoms with Gasteiger partial charge in [-0.2, -0.15) is 0 Å². The predicted octanol–water partition coefficient (Wildman–Crippen LogP) is 6.95. The molecule has 0 amide bonds. The maximum atomic E-state index is 13.2. The van der Waals surface area contributed by atoms with Crippen LogP contribution in [0.15, 0.2) is 109 Å². The number of ketones is 2. The molecule has 0 spiro atoms. The SMILES string of the molecule is O=C(c1ccccc1)c1ccc2c(c1)-c1ccc(C(=O)c3ccccc3)c3cccc-2c13. The summed E-state index contributed by atoms with van der Waals surface area (Å²) in [5.41, 5.74) is 7.03. The molecule has 0 fully saturated rings. The van der Waals surface area contributed by atoms with Crippen molar-refractivity contribution in [3.05, 3.63) is 131 Å². The summed E-state index contributed by atoms with van der Waals surface area (Å²) < 4.78 is 0. The van der Waals surface area contributed by atoms with E-state index in [1.807, 2.05) is 103 Å². The lowest BCUT2D eigenvalue weighted by molar-refractivity contribution is 0.103. The molecule has 5 aromatic rings. The van der Waals surface area contributed by atoms with Crippen LogP contribution in [-0.4, -0.2) is 11.6 Å². The Bertz CT molecular complexity index is 1530. The highest BCUT2D eigenvalue weighted by molar-refractivity contribution is 6.24. The van der Waals surface area contributed by atoms with E-state index in [1.54, 1.807) is 0 Å². The summed E-state index contributed by atoms with van der Waals surface area (Å²) in [4.78, 5) is 26.2. The van der Waals surface area contributed by atoms with Gasteiger partial charge in [0.1, 0.15) is 0 Å². The zero-order valence-corrected chi connectivity index (χ0v) is 17.2. The van der Waals surface area contributed by atoms with Gasteiger partial charge in [-0.15, -0.1) is 0 Å². The molecule has 2 heteroatoms. The van der Waals surface area contributed by atoms with Crippen molar-refractivity contribution in [3.63, 3.8) is 0 Å². The molecule has 1 aliphatic carbocycles. The highest BCUT2D eigenvalue weighted by Crippen LogP contribution is 2.48. The number of hydrogen-bond donors (Lipinski definition) is 0. The van der Waals surface area contributed by atoms with Crippen LogP contribution < -0.4 is 0 Å². The fraction of sp³-hybridized carbons (Fsp3) is 0. The molecule has 0 bridgehead atoms. The van der Waals surface area contributed by atoms with Crippen LogP contribution in [0.2, 0.25) is 0 Å². The Balaban J connectivity index is 1.51. The summed E-state index contributed by atoms with van der Waals surface area (Å²) in [5.74, 6) is 0.0293. The van der Waals surface area contributed by atoms with E-state index < -0.39 is 0 Å². The van der Waals surface area contributed by atoms with Crippen molar-refractivity contribution in [2.45, 2.75) is 0 Å². The number of rotatable bonds is 4. The van der Waals surface area contributed by atoms with Crippen molar-refractivity contribution in [2.24, 2.45) is 0 Å². The Hall–Kier alpha value is -4.30. The molecule has 0 unspecified atom stereocenters. The van der Waals surface area contributed by atoms with Crippen molar-refractivity contribution in [3.8, 4) is 22.3 Å². The molecule has 0 saturated heterocycles. The van der Waals surface area contributed by atoms with Gasteiger partial charge in [0.15, 0.2) is 11.6 Å². The minimum absolute atomic E-state index is 0.0106. The van der Waals surface area contributed by atoms with Gasteiger partial charge in [0, 0.05) is 22.3 Å². The Kier molecular flexibility index (Phi) is 4.12. The van der Waals surface area contributed by atoms with E-state index in [0.29, 0.717) is 22.3 Å². The zero-order chi connectivity index (χ0) is 21.7. The van der Waals surface area contributed by atoms with E-state index in [2.05, 4.69) is 6.07 Å². The molecule has 0 saturated carbocycles. The van der Waals surface area contributed by atoms with Crippen molar-refractivity contribution in [1.29, 1.82) is 0 Å². The zero-order valence-electron chi connectivity index (χ0n) is 17.2. The van der Waals surface area contributed by atoms with Crippen LogP contribution in [0.5, 0.6) is 0 Å². The van der Waals surface area contributed by atoms with Gasteiger partial charge in [0.05, 0.1) is 0 Å². The smallest absolute Gasteiger partial charge is 0.193 e. The third-order valence-electron chi connectivity index (χ3n) is 6.22. The van der Waals surface area contributed by atoms with E-state index >= 15 is 0 Å². The van der Waals surface area contributed by atoms with Gasteiger partial charge in [0.2, 0.25) is 0 Å². The number of hydrogen-bond acceptors (Lipinski definition) is 2. The average molecular weight is 410 g/mol. The van der Waals surface area contributed by atoms with E-state index in [1.165, 1.54) is 0 Å². The normalized spacial score (nSPS) is 11.4. The second-order valence-corrected chi connectivity index (χ2v) is 8.04. The van der Waals surface area contributed by atoms with Gasteiger partial charge in [-0.3, -0.25) is 9.59 Å². The molecule has 150 valence electrons. The first kappa shape index (κ1) is 18.5. The molecule has 0 heterocycles. The Morgan fingerprint density at radius 3 is 1.78 bits per heavy atom. The molecule has 5 aromatic carbocycles. The van der Waals surface area contributed by atoms with Crippen molar-refractivity contribution >= 4 is 22.3 Å². The Labute approximate surface area is 185 Å². The first-order chi connectivity index (χ1) is 15.7. The fourth-order valence-electron chi connectivity index (χ4n) is 4.70. The van der Waals surface area contributed by atoms with Gasteiger partial charge < -0.3 is 0 Å². The van der Waals surface area contributed by atoms with Gasteiger partial charge >= 0.3 is 0 Å². The van der Waals surface area contributed by atoms with Crippen molar-refractivity contribution < 1.29 is 9.59 Å². The van der Waals surface area contributed by atoms with Crippen molar-refractivity contribution in [1.82, 2.24) is 0 Å². The molecule has 0 atom stereocenters. The van der Waals surface area contributed by atoms with E-state index in [9.17, 15) is 9.59 Å². The Morgan fingerprint density at radius 1 is 0.438 bits per heavy atom. The molecular weight excluding hydrogens is 392 g/mol. The van der Waals surface area contributed by atoms with Crippen LogP contribution in [0.3, 0.4) is 0 Å². The number of fused-ring (bicyclic) bond motifs is 3. The Morgan fingerprint density at radius 2 is 1.06 bits per heavy atom. The first-order valence-corrected chi connectivity index (χ1v) is 10.6. The van der Waals surface area contributed by atoms with E-state index in [4.69, 9.17) is 0 Å². The number of carbonyl (C=O) groups excluding carboxylic acids is 2. The highest BCUT2D eigenvalue weighted by Gasteiger charge is 2.25.